The Balaban J connectivity index is 1.20. The highest BCUT2D eigenvalue weighted by Gasteiger charge is 2.42. The number of fused-ring (bicyclic) bond motifs is 1. The number of hydrogen-bond acceptors (Lipinski definition) is 8. The van der Waals surface area contributed by atoms with E-state index in [9.17, 15) is 13.2 Å². The van der Waals surface area contributed by atoms with Crippen molar-refractivity contribution in [1.82, 2.24) is 20.2 Å². The molecule has 0 bridgehead atoms. The summed E-state index contributed by atoms with van der Waals surface area (Å²) in [5.41, 5.74) is 1.86. The number of rotatable bonds is 6. The van der Waals surface area contributed by atoms with Crippen molar-refractivity contribution < 1.29 is 17.9 Å². The van der Waals surface area contributed by atoms with E-state index < -0.39 is 10.0 Å². The molecule has 1 spiro atoms. The highest BCUT2D eigenvalue weighted by molar-refractivity contribution is 7.94. The van der Waals surface area contributed by atoms with Crippen LogP contribution in [0.5, 0.6) is 0 Å². The van der Waals surface area contributed by atoms with Crippen LogP contribution < -0.4 is 9.62 Å². The highest BCUT2D eigenvalue weighted by Crippen LogP contribution is 2.35. The number of amides is 1. The van der Waals surface area contributed by atoms with Crippen LogP contribution in [0.2, 0.25) is 0 Å². The van der Waals surface area contributed by atoms with Gasteiger partial charge in [0.05, 0.1) is 23.4 Å². The Morgan fingerprint density at radius 2 is 2.06 bits per heavy atom. The number of thiophene rings is 1. The zero-order valence-corrected chi connectivity index (χ0v) is 22.0. The van der Waals surface area contributed by atoms with Crippen LogP contribution in [-0.2, 0) is 21.3 Å². The van der Waals surface area contributed by atoms with Gasteiger partial charge in [-0.25, -0.2) is 18.2 Å². The van der Waals surface area contributed by atoms with Crippen molar-refractivity contribution in [2.45, 2.75) is 29.2 Å². The monoisotopic (exact) mass is 543 g/mol. The van der Waals surface area contributed by atoms with E-state index in [0.717, 1.165) is 59.0 Å². The lowest BCUT2D eigenvalue weighted by Crippen LogP contribution is -2.46. The standard InChI is InChI=1S/C24H25N5O4S3/c1-28(36(31,32)20-6-3-11-34-20)19-5-2-4-16-12-18(27-21(16)19)22-25-13-17(35-22)14-29-9-7-24(8-10-29)15-26-23(30)33-24/h2-6,11-13,27H,7-10,14-15H2,1H3,(H,26,30). The second-order valence-electron chi connectivity index (χ2n) is 9.16. The van der Waals surface area contributed by atoms with Crippen molar-refractivity contribution in [2.75, 3.05) is 31.0 Å². The molecule has 0 radical (unpaired) electrons. The third-order valence-electron chi connectivity index (χ3n) is 6.88. The van der Waals surface area contributed by atoms with E-state index in [4.69, 9.17) is 4.74 Å². The first kappa shape index (κ1) is 23.5. The van der Waals surface area contributed by atoms with Gasteiger partial charge in [0.15, 0.2) is 0 Å². The third-order valence-corrected chi connectivity index (χ3v) is 11.0. The van der Waals surface area contributed by atoms with E-state index in [1.807, 2.05) is 24.4 Å². The van der Waals surface area contributed by atoms with Gasteiger partial charge in [0.25, 0.3) is 10.0 Å². The van der Waals surface area contributed by atoms with Crippen molar-refractivity contribution >= 4 is 55.4 Å². The third kappa shape index (κ3) is 4.17. The van der Waals surface area contributed by atoms with Crippen LogP contribution in [0.25, 0.3) is 21.6 Å². The summed E-state index contributed by atoms with van der Waals surface area (Å²) >= 11 is 2.83. The zero-order chi connectivity index (χ0) is 24.9. The van der Waals surface area contributed by atoms with Gasteiger partial charge in [-0.2, -0.15) is 0 Å². The Bertz CT molecular complexity index is 1520. The molecule has 2 saturated heterocycles. The Labute approximate surface area is 216 Å². The van der Waals surface area contributed by atoms with Crippen LogP contribution in [0, 0.1) is 0 Å². The molecule has 0 atom stereocenters. The second-order valence-corrected chi connectivity index (χ2v) is 13.4. The number of likely N-dealkylation sites (tertiary alicyclic amines) is 1. The number of hydrogen-bond donors (Lipinski definition) is 2. The predicted octanol–water partition coefficient (Wildman–Crippen LogP) is 4.25. The molecule has 2 fully saturated rings. The minimum atomic E-state index is -3.64. The second kappa shape index (κ2) is 8.87. The van der Waals surface area contributed by atoms with Crippen LogP contribution >= 0.6 is 22.7 Å². The van der Waals surface area contributed by atoms with Crippen LogP contribution in [-0.4, -0.2) is 61.7 Å². The van der Waals surface area contributed by atoms with Crippen molar-refractivity contribution in [3.63, 3.8) is 0 Å². The summed E-state index contributed by atoms with van der Waals surface area (Å²) in [7, 11) is -2.06. The summed E-state index contributed by atoms with van der Waals surface area (Å²) in [4.78, 5) is 23.0. The van der Waals surface area contributed by atoms with Crippen molar-refractivity contribution in [2.24, 2.45) is 0 Å². The highest BCUT2D eigenvalue weighted by atomic mass is 32.2. The molecule has 5 heterocycles. The number of nitrogens with one attached hydrogen (secondary N) is 2. The van der Waals surface area contributed by atoms with Crippen molar-refractivity contribution in [3.8, 4) is 10.7 Å². The van der Waals surface area contributed by atoms with E-state index in [2.05, 4.69) is 20.2 Å². The summed E-state index contributed by atoms with van der Waals surface area (Å²) in [6.07, 6.45) is 3.24. The number of sulfonamides is 1. The summed E-state index contributed by atoms with van der Waals surface area (Å²) in [5.74, 6) is 0. The number of ether oxygens (including phenoxy) is 1. The summed E-state index contributed by atoms with van der Waals surface area (Å²) < 4.78 is 33.3. The maximum absolute atomic E-state index is 13.1. The largest absolute Gasteiger partial charge is 0.441 e. The zero-order valence-electron chi connectivity index (χ0n) is 19.6. The van der Waals surface area contributed by atoms with Crippen LogP contribution in [0.4, 0.5) is 10.5 Å². The number of piperidine rings is 1. The first-order valence-electron chi connectivity index (χ1n) is 11.6. The molecule has 0 aliphatic carbocycles. The maximum Gasteiger partial charge on any atom is 0.407 e. The lowest BCUT2D eigenvalue weighted by Gasteiger charge is -2.36. The quantitative estimate of drug-likeness (QED) is 0.377. The normalized spacial score (nSPS) is 18.0. The minimum Gasteiger partial charge on any atom is -0.441 e. The fraction of sp³-hybridized carbons (Fsp3) is 0.333. The topological polar surface area (TPSA) is 108 Å². The van der Waals surface area contributed by atoms with Crippen LogP contribution in [0.1, 0.15) is 17.7 Å². The van der Waals surface area contributed by atoms with E-state index in [0.29, 0.717) is 16.4 Å². The molecular formula is C24H25N5O4S3. The molecule has 6 rings (SSSR count). The summed E-state index contributed by atoms with van der Waals surface area (Å²) in [6, 6.07) is 11.0. The van der Waals surface area contributed by atoms with Crippen LogP contribution in [0.15, 0.2) is 52.2 Å². The first-order chi connectivity index (χ1) is 17.3. The lowest BCUT2D eigenvalue weighted by molar-refractivity contribution is -0.000803. The van der Waals surface area contributed by atoms with Gasteiger partial charge in [0.2, 0.25) is 0 Å². The Hall–Kier alpha value is -2.93. The fourth-order valence-corrected chi connectivity index (χ4v) is 8.11. The molecule has 12 heteroatoms. The van der Waals surface area contributed by atoms with Crippen molar-refractivity contribution in [3.05, 3.63) is 52.9 Å². The Morgan fingerprint density at radius 1 is 1.22 bits per heavy atom. The first-order valence-corrected chi connectivity index (χ1v) is 14.8. The molecule has 188 valence electrons. The maximum atomic E-state index is 13.1. The van der Waals surface area contributed by atoms with Gasteiger partial charge in [0, 0.05) is 56.0 Å². The molecule has 2 N–H and O–H groups in total. The van der Waals surface area contributed by atoms with E-state index in [1.54, 1.807) is 42.0 Å². The molecule has 0 unspecified atom stereocenters. The molecule has 2 aliphatic heterocycles. The molecule has 1 aromatic carbocycles. The van der Waals surface area contributed by atoms with E-state index in [1.165, 1.54) is 15.6 Å². The summed E-state index contributed by atoms with van der Waals surface area (Å²) in [6.45, 7) is 3.12. The van der Waals surface area contributed by atoms with Gasteiger partial charge in [-0.05, 0) is 23.6 Å². The number of aromatic nitrogens is 2. The smallest absolute Gasteiger partial charge is 0.407 e. The average molecular weight is 544 g/mol. The molecule has 9 nitrogen and oxygen atoms in total. The number of nitrogens with zero attached hydrogens (tertiary/aromatic N) is 3. The number of carbonyl (C=O) groups excluding carboxylic acids is 1. The Kier molecular flexibility index (Phi) is 5.78. The minimum absolute atomic E-state index is 0.310. The number of H-pyrrole nitrogens is 1. The number of para-hydroxylation sites is 1. The average Bonchev–Trinajstić information content (AvgIpc) is 3.67. The van der Waals surface area contributed by atoms with Gasteiger partial charge in [0.1, 0.15) is 14.8 Å². The molecule has 3 aromatic heterocycles. The molecule has 0 saturated carbocycles. The van der Waals surface area contributed by atoms with Gasteiger partial charge in [-0.15, -0.1) is 22.7 Å². The fourth-order valence-electron chi connectivity index (χ4n) is 4.82. The number of benzene rings is 1. The van der Waals surface area contributed by atoms with Gasteiger partial charge in [-0.3, -0.25) is 9.21 Å². The van der Waals surface area contributed by atoms with E-state index >= 15 is 0 Å². The number of thiazole rings is 1. The van der Waals surface area contributed by atoms with Gasteiger partial charge >= 0.3 is 6.09 Å². The number of anilines is 1. The number of aromatic amines is 1. The molecule has 4 aromatic rings. The lowest BCUT2D eigenvalue weighted by atomic mass is 9.92. The van der Waals surface area contributed by atoms with Gasteiger partial charge < -0.3 is 15.0 Å². The predicted molar refractivity (Wildman–Crippen MR) is 141 cm³/mol. The Morgan fingerprint density at radius 3 is 2.78 bits per heavy atom. The molecule has 2 aliphatic rings. The molecule has 1 amide bonds. The van der Waals surface area contributed by atoms with Gasteiger partial charge in [-0.1, -0.05) is 18.2 Å². The number of carbonyl (C=O) groups is 1. The van der Waals surface area contributed by atoms with E-state index in [-0.39, 0.29) is 11.7 Å². The van der Waals surface area contributed by atoms with Crippen LogP contribution in [0.3, 0.4) is 0 Å². The number of alkyl carbamates (subject to hydrolysis) is 1. The SMILES string of the molecule is CN(c1cccc2cc(-c3ncc(CN4CCC5(CC4)CNC(=O)O5)s3)[nH]c12)S(=O)(=O)c1cccs1. The van der Waals surface area contributed by atoms with Crippen molar-refractivity contribution in [1.29, 1.82) is 0 Å². The molecule has 36 heavy (non-hydrogen) atoms. The summed E-state index contributed by atoms with van der Waals surface area (Å²) in [5, 5.41) is 6.32. The molecular weight excluding hydrogens is 518 g/mol.